The summed E-state index contributed by atoms with van der Waals surface area (Å²) in [5.74, 6) is -0.342. The third-order valence-electron chi connectivity index (χ3n) is 5.03. The number of anilines is 2. The lowest BCUT2D eigenvalue weighted by molar-refractivity contribution is 0.0927. The molecule has 1 saturated carbocycles. The predicted octanol–water partition coefficient (Wildman–Crippen LogP) is 4.72. The van der Waals surface area contributed by atoms with E-state index in [1.807, 2.05) is 25.1 Å². The van der Waals surface area contributed by atoms with Crippen LogP contribution in [0.3, 0.4) is 0 Å². The van der Waals surface area contributed by atoms with E-state index in [0.717, 1.165) is 31.4 Å². The standard InChI is InChI=1S/C22H26ClN3O2/c1-26(2)20-13-12-18(25-21(27)15-8-10-16(23)11-9-15)14-19(20)22(28)24-17-6-4-3-5-7-17/h8-14,17H,3-7H2,1-2H3,(H,24,28)(H,25,27). The van der Waals surface area contributed by atoms with Gasteiger partial charge in [0.1, 0.15) is 0 Å². The molecule has 2 N–H and O–H groups in total. The smallest absolute Gasteiger partial charge is 0.255 e. The molecule has 1 aliphatic carbocycles. The molecule has 0 bridgehead atoms. The van der Waals surface area contributed by atoms with Gasteiger partial charge < -0.3 is 15.5 Å². The van der Waals surface area contributed by atoms with Crippen molar-refractivity contribution in [2.24, 2.45) is 0 Å². The van der Waals surface area contributed by atoms with Gasteiger partial charge in [-0.25, -0.2) is 0 Å². The number of nitrogens with one attached hydrogen (secondary N) is 2. The summed E-state index contributed by atoms with van der Waals surface area (Å²) in [7, 11) is 3.80. The number of carbonyl (C=O) groups is 2. The van der Waals surface area contributed by atoms with Crippen LogP contribution in [-0.2, 0) is 0 Å². The van der Waals surface area contributed by atoms with Gasteiger partial charge in [-0.2, -0.15) is 0 Å². The van der Waals surface area contributed by atoms with E-state index in [4.69, 9.17) is 11.6 Å². The van der Waals surface area contributed by atoms with Crippen LogP contribution < -0.4 is 15.5 Å². The third-order valence-corrected chi connectivity index (χ3v) is 5.28. The molecule has 0 saturated heterocycles. The highest BCUT2D eigenvalue weighted by Gasteiger charge is 2.20. The molecule has 28 heavy (non-hydrogen) atoms. The van der Waals surface area contributed by atoms with Crippen molar-refractivity contribution in [3.05, 3.63) is 58.6 Å². The Bertz CT molecular complexity index is 843. The molecule has 0 spiro atoms. The topological polar surface area (TPSA) is 61.4 Å². The zero-order valence-corrected chi connectivity index (χ0v) is 17.1. The minimum absolute atomic E-state index is 0.0989. The fourth-order valence-corrected chi connectivity index (χ4v) is 3.63. The fraction of sp³-hybridized carbons (Fsp3) is 0.364. The van der Waals surface area contributed by atoms with Crippen LogP contribution in [0.5, 0.6) is 0 Å². The largest absolute Gasteiger partial charge is 0.377 e. The molecule has 148 valence electrons. The maximum Gasteiger partial charge on any atom is 0.255 e. The number of hydrogen-bond acceptors (Lipinski definition) is 3. The molecule has 2 amide bonds. The number of nitrogens with zero attached hydrogens (tertiary/aromatic N) is 1. The van der Waals surface area contributed by atoms with Crippen molar-refractivity contribution < 1.29 is 9.59 Å². The van der Waals surface area contributed by atoms with E-state index in [-0.39, 0.29) is 17.9 Å². The molecule has 0 atom stereocenters. The van der Waals surface area contributed by atoms with Gasteiger partial charge in [-0.3, -0.25) is 9.59 Å². The molecule has 1 fully saturated rings. The van der Waals surface area contributed by atoms with Crippen molar-refractivity contribution in [1.82, 2.24) is 5.32 Å². The van der Waals surface area contributed by atoms with E-state index in [2.05, 4.69) is 10.6 Å². The first-order chi connectivity index (χ1) is 13.4. The molecule has 0 radical (unpaired) electrons. The predicted molar refractivity (Wildman–Crippen MR) is 115 cm³/mol. The summed E-state index contributed by atoms with van der Waals surface area (Å²) < 4.78 is 0. The molecule has 2 aromatic rings. The van der Waals surface area contributed by atoms with Gasteiger partial charge in [0, 0.05) is 42.1 Å². The Hall–Kier alpha value is -2.53. The van der Waals surface area contributed by atoms with Crippen molar-refractivity contribution in [3.8, 4) is 0 Å². The van der Waals surface area contributed by atoms with E-state index in [1.54, 1.807) is 36.4 Å². The van der Waals surface area contributed by atoms with Gasteiger partial charge in [0.2, 0.25) is 0 Å². The first-order valence-corrected chi connectivity index (χ1v) is 10.0. The zero-order valence-electron chi connectivity index (χ0n) is 16.3. The van der Waals surface area contributed by atoms with Crippen molar-refractivity contribution in [3.63, 3.8) is 0 Å². The Morgan fingerprint density at radius 2 is 1.64 bits per heavy atom. The van der Waals surface area contributed by atoms with Gasteiger partial charge >= 0.3 is 0 Å². The molecule has 1 aliphatic rings. The quantitative estimate of drug-likeness (QED) is 0.764. The molecule has 0 aliphatic heterocycles. The number of amides is 2. The Balaban J connectivity index is 1.79. The Morgan fingerprint density at radius 3 is 2.29 bits per heavy atom. The number of benzene rings is 2. The zero-order chi connectivity index (χ0) is 20.1. The van der Waals surface area contributed by atoms with Crippen molar-refractivity contribution in [1.29, 1.82) is 0 Å². The van der Waals surface area contributed by atoms with Crippen LogP contribution >= 0.6 is 11.6 Å². The summed E-state index contributed by atoms with van der Waals surface area (Å²) in [6.45, 7) is 0. The molecule has 3 rings (SSSR count). The molecule has 0 aromatic heterocycles. The van der Waals surface area contributed by atoms with Crippen LogP contribution in [0.1, 0.15) is 52.8 Å². The highest BCUT2D eigenvalue weighted by atomic mass is 35.5. The second-order valence-electron chi connectivity index (χ2n) is 7.40. The van der Waals surface area contributed by atoms with E-state index < -0.39 is 0 Å². The van der Waals surface area contributed by atoms with Gasteiger partial charge in [0.15, 0.2) is 0 Å². The summed E-state index contributed by atoms with van der Waals surface area (Å²) in [5.41, 5.74) is 2.47. The minimum atomic E-state index is -0.243. The van der Waals surface area contributed by atoms with Crippen molar-refractivity contribution >= 4 is 34.8 Å². The Kier molecular flexibility index (Phi) is 6.57. The highest BCUT2D eigenvalue weighted by molar-refractivity contribution is 6.30. The molecular formula is C22H26ClN3O2. The summed E-state index contributed by atoms with van der Waals surface area (Å²) in [5, 5.41) is 6.60. The second kappa shape index (κ2) is 9.11. The first kappa shape index (κ1) is 20.2. The average Bonchev–Trinajstić information content (AvgIpc) is 2.69. The molecular weight excluding hydrogens is 374 g/mol. The average molecular weight is 400 g/mol. The molecule has 0 unspecified atom stereocenters. The molecule has 0 heterocycles. The number of halogens is 1. The fourth-order valence-electron chi connectivity index (χ4n) is 3.50. The second-order valence-corrected chi connectivity index (χ2v) is 7.83. The van der Waals surface area contributed by atoms with Gasteiger partial charge in [0.05, 0.1) is 5.56 Å². The first-order valence-electron chi connectivity index (χ1n) is 9.63. The summed E-state index contributed by atoms with van der Waals surface area (Å²) >= 11 is 5.88. The maximum absolute atomic E-state index is 12.9. The van der Waals surface area contributed by atoms with Gasteiger partial charge in [0.25, 0.3) is 11.8 Å². The number of carbonyl (C=O) groups excluding carboxylic acids is 2. The summed E-state index contributed by atoms with van der Waals surface area (Å²) in [6.07, 6.45) is 5.60. The molecule has 5 nitrogen and oxygen atoms in total. The van der Waals surface area contributed by atoms with Crippen LogP contribution in [0.25, 0.3) is 0 Å². The van der Waals surface area contributed by atoms with Crippen LogP contribution in [0.2, 0.25) is 5.02 Å². The van der Waals surface area contributed by atoms with Crippen LogP contribution in [0.15, 0.2) is 42.5 Å². The monoisotopic (exact) mass is 399 g/mol. The van der Waals surface area contributed by atoms with Crippen molar-refractivity contribution in [2.45, 2.75) is 38.1 Å². The Morgan fingerprint density at radius 1 is 0.964 bits per heavy atom. The SMILES string of the molecule is CN(C)c1ccc(NC(=O)c2ccc(Cl)cc2)cc1C(=O)NC1CCCCC1. The lowest BCUT2D eigenvalue weighted by Gasteiger charge is -2.24. The summed E-state index contributed by atoms with van der Waals surface area (Å²) in [4.78, 5) is 27.3. The molecule has 2 aromatic carbocycles. The van der Waals surface area contributed by atoms with Gasteiger partial charge in [-0.1, -0.05) is 30.9 Å². The minimum Gasteiger partial charge on any atom is -0.377 e. The van der Waals surface area contributed by atoms with Crippen LogP contribution in [0.4, 0.5) is 11.4 Å². The third kappa shape index (κ3) is 5.04. The molecule has 6 heteroatoms. The van der Waals surface area contributed by atoms with Gasteiger partial charge in [-0.05, 0) is 55.3 Å². The van der Waals surface area contributed by atoms with E-state index in [0.29, 0.717) is 21.8 Å². The van der Waals surface area contributed by atoms with E-state index >= 15 is 0 Å². The van der Waals surface area contributed by atoms with Crippen molar-refractivity contribution in [2.75, 3.05) is 24.3 Å². The Labute approximate surface area is 171 Å². The lowest BCUT2D eigenvalue weighted by atomic mass is 9.95. The summed E-state index contributed by atoms with van der Waals surface area (Å²) in [6, 6.07) is 12.3. The van der Waals surface area contributed by atoms with E-state index in [1.165, 1.54) is 6.42 Å². The number of rotatable bonds is 5. The normalized spacial score (nSPS) is 14.4. The van der Waals surface area contributed by atoms with Crippen LogP contribution in [-0.4, -0.2) is 32.0 Å². The number of hydrogen-bond donors (Lipinski definition) is 2. The lowest BCUT2D eigenvalue weighted by Crippen LogP contribution is -2.36. The highest BCUT2D eigenvalue weighted by Crippen LogP contribution is 2.25. The maximum atomic E-state index is 12.9. The van der Waals surface area contributed by atoms with E-state index in [9.17, 15) is 9.59 Å². The van der Waals surface area contributed by atoms with Gasteiger partial charge in [-0.15, -0.1) is 0 Å². The van der Waals surface area contributed by atoms with Crippen LogP contribution in [0, 0.1) is 0 Å².